The van der Waals surface area contributed by atoms with Crippen LogP contribution in [0.1, 0.15) is 39.5 Å². The minimum absolute atomic E-state index is 0.117. The molecule has 0 bridgehead atoms. The second-order valence-corrected chi connectivity index (χ2v) is 7.30. The molecular formula is C16H22Cl2N2O. The Morgan fingerprint density at radius 2 is 2.00 bits per heavy atom. The molecule has 3 nitrogen and oxygen atoms in total. The molecule has 0 aliphatic heterocycles. The molecule has 0 spiro atoms. The number of rotatable bonds is 4. The Balaban J connectivity index is 1.85. The van der Waals surface area contributed by atoms with Crippen molar-refractivity contribution in [3.63, 3.8) is 0 Å². The van der Waals surface area contributed by atoms with Crippen molar-refractivity contribution in [2.24, 2.45) is 5.41 Å². The lowest BCUT2D eigenvalue weighted by Gasteiger charge is -2.35. The van der Waals surface area contributed by atoms with Gasteiger partial charge in [-0.3, -0.25) is 4.79 Å². The number of benzene rings is 1. The van der Waals surface area contributed by atoms with Crippen LogP contribution in [0.5, 0.6) is 0 Å². The summed E-state index contributed by atoms with van der Waals surface area (Å²) < 4.78 is 0. The summed E-state index contributed by atoms with van der Waals surface area (Å²) in [5.41, 5.74) is 0.843. The molecule has 116 valence electrons. The van der Waals surface area contributed by atoms with E-state index in [1.54, 1.807) is 18.2 Å². The van der Waals surface area contributed by atoms with Gasteiger partial charge in [0, 0.05) is 6.04 Å². The summed E-state index contributed by atoms with van der Waals surface area (Å²) in [5, 5.41) is 7.02. The van der Waals surface area contributed by atoms with E-state index < -0.39 is 0 Å². The largest absolute Gasteiger partial charge is 0.322 e. The van der Waals surface area contributed by atoms with E-state index in [1.807, 2.05) is 0 Å². The van der Waals surface area contributed by atoms with E-state index in [1.165, 1.54) is 12.8 Å². The number of para-hydroxylation sites is 1. The van der Waals surface area contributed by atoms with Crippen molar-refractivity contribution in [1.29, 1.82) is 0 Å². The maximum absolute atomic E-state index is 12.0. The van der Waals surface area contributed by atoms with E-state index >= 15 is 0 Å². The highest BCUT2D eigenvalue weighted by Gasteiger charge is 2.27. The first-order chi connectivity index (χ1) is 9.87. The lowest BCUT2D eigenvalue weighted by atomic mass is 9.75. The number of hydrogen-bond acceptors (Lipinski definition) is 2. The zero-order chi connectivity index (χ0) is 15.5. The smallest absolute Gasteiger partial charge is 0.238 e. The van der Waals surface area contributed by atoms with E-state index in [2.05, 4.69) is 24.5 Å². The molecule has 2 N–H and O–H groups in total. The van der Waals surface area contributed by atoms with Crippen LogP contribution in [0.25, 0.3) is 0 Å². The standard InChI is InChI=1S/C16H22Cl2N2O/c1-16(2)8-4-5-11(9-16)19-10-14(21)20-15-12(17)6-3-7-13(15)18/h3,6-7,11,19H,4-5,8-10H2,1-2H3,(H,20,21). The van der Waals surface area contributed by atoms with Crippen molar-refractivity contribution in [3.05, 3.63) is 28.2 Å². The van der Waals surface area contributed by atoms with Gasteiger partial charge in [-0.2, -0.15) is 0 Å². The van der Waals surface area contributed by atoms with Crippen LogP contribution in [0.3, 0.4) is 0 Å². The van der Waals surface area contributed by atoms with Crippen molar-refractivity contribution in [1.82, 2.24) is 5.32 Å². The Bertz CT molecular complexity index is 497. The molecule has 1 aromatic rings. The van der Waals surface area contributed by atoms with Gasteiger partial charge < -0.3 is 10.6 Å². The molecule has 0 aromatic heterocycles. The molecule has 2 rings (SSSR count). The Hall–Kier alpha value is -0.770. The number of amides is 1. The van der Waals surface area contributed by atoms with E-state index in [9.17, 15) is 4.79 Å². The fourth-order valence-electron chi connectivity index (χ4n) is 2.91. The first-order valence-corrected chi connectivity index (χ1v) is 8.10. The van der Waals surface area contributed by atoms with Gasteiger partial charge in [-0.25, -0.2) is 0 Å². The number of anilines is 1. The van der Waals surface area contributed by atoms with Crippen molar-refractivity contribution in [3.8, 4) is 0 Å². The van der Waals surface area contributed by atoms with Gasteiger partial charge in [-0.1, -0.05) is 49.5 Å². The minimum Gasteiger partial charge on any atom is -0.322 e. The average Bonchev–Trinajstić information content (AvgIpc) is 2.40. The number of carbonyl (C=O) groups excluding carboxylic acids is 1. The molecule has 1 aromatic carbocycles. The fourth-order valence-corrected chi connectivity index (χ4v) is 3.40. The molecule has 5 heteroatoms. The molecule has 1 aliphatic rings. The summed E-state index contributed by atoms with van der Waals surface area (Å²) in [6.07, 6.45) is 4.70. The number of halogens is 2. The molecule has 1 amide bonds. The zero-order valence-corrected chi connectivity index (χ0v) is 14.0. The van der Waals surface area contributed by atoms with Crippen LogP contribution in [-0.2, 0) is 4.79 Å². The summed E-state index contributed by atoms with van der Waals surface area (Å²) in [6.45, 7) is 4.84. The molecule has 0 heterocycles. The molecular weight excluding hydrogens is 307 g/mol. The predicted molar refractivity (Wildman–Crippen MR) is 89.1 cm³/mol. The second kappa shape index (κ2) is 6.99. The lowest BCUT2D eigenvalue weighted by Crippen LogP contribution is -2.41. The van der Waals surface area contributed by atoms with Crippen LogP contribution >= 0.6 is 23.2 Å². The predicted octanol–water partition coefficient (Wildman–Crippen LogP) is 4.49. The highest BCUT2D eigenvalue weighted by atomic mass is 35.5. The van der Waals surface area contributed by atoms with Gasteiger partial charge in [0.15, 0.2) is 0 Å². The van der Waals surface area contributed by atoms with Crippen molar-refractivity contribution in [2.45, 2.75) is 45.6 Å². The van der Waals surface area contributed by atoms with Crippen LogP contribution in [0.15, 0.2) is 18.2 Å². The molecule has 0 saturated heterocycles. The highest BCUT2D eigenvalue weighted by Crippen LogP contribution is 2.35. The summed E-state index contributed by atoms with van der Waals surface area (Å²) in [5.74, 6) is -0.117. The quantitative estimate of drug-likeness (QED) is 0.854. The molecule has 21 heavy (non-hydrogen) atoms. The van der Waals surface area contributed by atoms with Crippen molar-refractivity contribution < 1.29 is 4.79 Å². The fraction of sp³-hybridized carbons (Fsp3) is 0.562. The molecule has 1 atom stereocenters. The molecule has 1 aliphatic carbocycles. The second-order valence-electron chi connectivity index (χ2n) is 6.48. The van der Waals surface area contributed by atoms with Crippen LogP contribution in [-0.4, -0.2) is 18.5 Å². The average molecular weight is 329 g/mol. The normalized spacial score (nSPS) is 21.0. The summed E-state index contributed by atoms with van der Waals surface area (Å²) in [6, 6.07) is 5.57. The zero-order valence-electron chi connectivity index (χ0n) is 12.5. The van der Waals surface area contributed by atoms with Gasteiger partial charge in [0.2, 0.25) is 5.91 Å². The third kappa shape index (κ3) is 4.87. The first kappa shape index (κ1) is 16.6. The summed E-state index contributed by atoms with van der Waals surface area (Å²) >= 11 is 12.1. The monoisotopic (exact) mass is 328 g/mol. The van der Waals surface area contributed by atoms with E-state index in [0.29, 0.717) is 27.2 Å². The van der Waals surface area contributed by atoms with Gasteiger partial charge in [-0.05, 0) is 36.8 Å². The third-order valence-corrected chi connectivity index (χ3v) is 4.61. The van der Waals surface area contributed by atoms with Crippen molar-refractivity contribution >= 4 is 34.8 Å². The van der Waals surface area contributed by atoms with Gasteiger partial charge in [0.25, 0.3) is 0 Å². The van der Waals surface area contributed by atoms with Crippen LogP contribution < -0.4 is 10.6 Å². The molecule has 0 radical (unpaired) electrons. The molecule has 1 fully saturated rings. The van der Waals surface area contributed by atoms with Crippen LogP contribution in [0.2, 0.25) is 10.0 Å². The minimum atomic E-state index is -0.117. The summed E-state index contributed by atoms with van der Waals surface area (Å²) in [4.78, 5) is 12.0. The van der Waals surface area contributed by atoms with Crippen LogP contribution in [0, 0.1) is 5.41 Å². The maximum Gasteiger partial charge on any atom is 0.238 e. The topological polar surface area (TPSA) is 41.1 Å². The van der Waals surface area contributed by atoms with Gasteiger partial charge in [0.05, 0.1) is 22.3 Å². The Kier molecular flexibility index (Phi) is 5.53. The van der Waals surface area contributed by atoms with E-state index in [4.69, 9.17) is 23.2 Å². The summed E-state index contributed by atoms with van der Waals surface area (Å²) in [7, 11) is 0. The lowest BCUT2D eigenvalue weighted by molar-refractivity contribution is -0.115. The number of nitrogens with one attached hydrogen (secondary N) is 2. The third-order valence-electron chi connectivity index (χ3n) is 3.98. The Morgan fingerprint density at radius 3 is 2.62 bits per heavy atom. The van der Waals surface area contributed by atoms with Gasteiger partial charge in [-0.15, -0.1) is 0 Å². The maximum atomic E-state index is 12.0. The number of carbonyl (C=O) groups is 1. The Morgan fingerprint density at radius 1 is 1.33 bits per heavy atom. The van der Waals surface area contributed by atoms with Crippen molar-refractivity contribution in [2.75, 3.05) is 11.9 Å². The van der Waals surface area contributed by atoms with Gasteiger partial charge in [0.1, 0.15) is 0 Å². The highest BCUT2D eigenvalue weighted by molar-refractivity contribution is 6.39. The van der Waals surface area contributed by atoms with Gasteiger partial charge >= 0.3 is 0 Å². The van der Waals surface area contributed by atoms with E-state index in [0.717, 1.165) is 12.8 Å². The first-order valence-electron chi connectivity index (χ1n) is 7.35. The van der Waals surface area contributed by atoms with E-state index in [-0.39, 0.29) is 12.5 Å². The molecule has 1 unspecified atom stereocenters. The molecule has 1 saturated carbocycles. The Labute approximate surface area is 136 Å². The van der Waals surface area contributed by atoms with Crippen LogP contribution in [0.4, 0.5) is 5.69 Å². The number of hydrogen-bond donors (Lipinski definition) is 2. The SMILES string of the molecule is CC1(C)CCCC(NCC(=O)Nc2c(Cl)cccc2Cl)C1.